The maximum atomic E-state index is 5.70. The summed E-state index contributed by atoms with van der Waals surface area (Å²) < 4.78 is 5.70. The lowest BCUT2D eigenvalue weighted by Crippen LogP contribution is -2.18. The molecule has 0 bridgehead atoms. The topological polar surface area (TPSA) is 9.23 Å². The van der Waals surface area contributed by atoms with Crippen LogP contribution >= 0.6 is 0 Å². The third-order valence-electron chi connectivity index (χ3n) is 2.19. The van der Waals surface area contributed by atoms with Gasteiger partial charge in [-0.05, 0) is 32.3 Å². The van der Waals surface area contributed by atoms with Gasteiger partial charge in [0.2, 0.25) is 0 Å². The molecule has 0 unspecified atom stereocenters. The number of ether oxygens (including phenoxy) is 1. The molecule has 0 aromatic carbocycles. The number of hydrogen-bond donors (Lipinski definition) is 0. The van der Waals surface area contributed by atoms with Crippen molar-refractivity contribution in [2.45, 2.75) is 46.6 Å². The van der Waals surface area contributed by atoms with Crippen molar-refractivity contribution in [3.8, 4) is 0 Å². The van der Waals surface area contributed by atoms with Crippen LogP contribution in [0.3, 0.4) is 0 Å². The smallest absolute Gasteiger partial charge is 0.107 e. The van der Waals surface area contributed by atoms with Gasteiger partial charge in [0.25, 0.3) is 0 Å². The van der Waals surface area contributed by atoms with Crippen LogP contribution < -0.4 is 0 Å². The summed E-state index contributed by atoms with van der Waals surface area (Å²) in [6, 6.07) is 0. The van der Waals surface area contributed by atoms with Gasteiger partial charge in [0, 0.05) is 6.42 Å². The van der Waals surface area contributed by atoms with Gasteiger partial charge in [-0.15, -0.1) is 0 Å². The highest BCUT2D eigenvalue weighted by Gasteiger charge is 2.30. The van der Waals surface area contributed by atoms with E-state index in [-0.39, 0.29) is 5.60 Å². The predicted molar refractivity (Wildman–Crippen MR) is 47.3 cm³/mol. The zero-order valence-corrected chi connectivity index (χ0v) is 8.19. The Morgan fingerprint density at radius 2 is 1.91 bits per heavy atom. The van der Waals surface area contributed by atoms with E-state index in [0.717, 1.165) is 12.2 Å². The van der Waals surface area contributed by atoms with Crippen molar-refractivity contribution in [1.29, 1.82) is 0 Å². The predicted octanol–water partition coefficient (Wildman–Crippen LogP) is 3.12. The van der Waals surface area contributed by atoms with Crippen LogP contribution in [-0.2, 0) is 4.74 Å². The van der Waals surface area contributed by atoms with Crippen molar-refractivity contribution in [3.63, 3.8) is 0 Å². The molecule has 0 fully saturated rings. The van der Waals surface area contributed by atoms with Gasteiger partial charge in [-0.3, -0.25) is 0 Å². The minimum atomic E-state index is 0.0453. The zero-order chi connectivity index (χ0) is 8.65. The van der Waals surface area contributed by atoms with Crippen molar-refractivity contribution < 1.29 is 4.74 Å². The van der Waals surface area contributed by atoms with Crippen molar-refractivity contribution in [2.75, 3.05) is 0 Å². The number of allylic oxidation sites excluding steroid dienone is 1. The molecule has 0 saturated heterocycles. The Bertz CT molecular complexity index is 187. The molecule has 0 saturated carbocycles. The van der Waals surface area contributed by atoms with Crippen LogP contribution in [0, 0.1) is 5.92 Å². The molecular formula is C10H18O. The lowest BCUT2D eigenvalue weighted by atomic mass is 9.93. The van der Waals surface area contributed by atoms with Crippen molar-refractivity contribution in [3.05, 3.63) is 11.3 Å². The quantitative estimate of drug-likeness (QED) is 0.564. The van der Waals surface area contributed by atoms with Gasteiger partial charge in [0.05, 0.1) is 5.76 Å². The Morgan fingerprint density at radius 1 is 1.36 bits per heavy atom. The highest BCUT2D eigenvalue weighted by atomic mass is 16.5. The molecule has 1 heterocycles. The third-order valence-corrected chi connectivity index (χ3v) is 2.19. The maximum Gasteiger partial charge on any atom is 0.107 e. The van der Waals surface area contributed by atoms with E-state index in [2.05, 4.69) is 34.6 Å². The van der Waals surface area contributed by atoms with Gasteiger partial charge in [-0.1, -0.05) is 13.8 Å². The second-order valence-electron chi connectivity index (χ2n) is 4.27. The lowest BCUT2D eigenvalue weighted by molar-refractivity contribution is 0.0625. The molecule has 1 heteroatoms. The average molecular weight is 154 g/mol. The van der Waals surface area contributed by atoms with Crippen molar-refractivity contribution >= 4 is 0 Å². The van der Waals surface area contributed by atoms with Gasteiger partial charge < -0.3 is 4.74 Å². The first kappa shape index (κ1) is 8.63. The highest BCUT2D eigenvalue weighted by Crippen LogP contribution is 2.36. The fourth-order valence-corrected chi connectivity index (χ4v) is 1.71. The fraction of sp³-hybridized carbons (Fsp3) is 0.800. The SMILES string of the molecule is CC1=C(C(C)C)CC(C)(C)O1. The lowest BCUT2D eigenvalue weighted by Gasteiger charge is -2.18. The third kappa shape index (κ3) is 1.76. The minimum absolute atomic E-state index is 0.0453. The molecule has 0 N–H and O–H groups in total. The van der Waals surface area contributed by atoms with E-state index in [1.54, 1.807) is 0 Å². The Morgan fingerprint density at radius 3 is 2.09 bits per heavy atom. The molecule has 1 nitrogen and oxygen atoms in total. The summed E-state index contributed by atoms with van der Waals surface area (Å²) in [5, 5.41) is 0. The monoisotopic (exact) mass is 154 g/mol. The summed E-state index contributed by atoms with van der Waals surface area (Å²) in [5.74, 6) is 1.78. The normalized spacial score (nSPS) is 22.7. The van der Waals surface area contributed by atoms with Gasteiger partial charge in [-0.2, -0.15) is 0 Å². The molecule has 0 radical (unpaired) electrons. The molecule has 0 aromatic heterocycles. The molecule has 0 spiro atoms. The van der Waals surface area contributed by atoms with Crippen molar-refractivity contribution in [1.82, 2.24) is 0 Å². The Kier molecular flexibility index (Phi) is 2.00. The number of rotatable bonds is 1. The standard InChI is InChI=1S/C10H18O/c1-7(2)9-6-10(4,5)11-8(9)3/h7H,6H2,1-5H3. The summed E-state index contributed by atoms with van der Waals surface area (Å²) in [4.78, 5) is 0. The van der Waals surface area contributed by atoms with E-state index in [1.807, 2.05) is 0 Å². The summed E-state index contributed by atoms with van der Waals surface area (Å²) in [7, 11) is 0. The first-order chi connectivity index (χ1) is 4.92. The molecule has 11 heavy (non-hydrogen) atoms. The molecule has 1 aliphatic rings. The second kappa shape index (κ2) is 2.54. The molecule has 0 atom stereocenters. The van der Waals surface area contributed by atoms with Crippen LogP contribution in [-0.4, -0.2) is 5.60 Å². The summed E-state index contributed by atoms with van der Waals surface area (Å²) in [5.41, 5.74) is 1.53. The largest absolute Gasteiger partial charge is 0.492 e. The van der Waals surface area contributed by atoms with Gasteiger partial charge >= 0.3 is 0 Å². The van der Waals surface area contributed by atoms with E-state index in [0.29, 0.717) is 5.92 Å². The fourth-order valence-electron chi connectivity index (χ4n) is 1.71. The van der Waals surface area contributed by atoms with Gasteiger partial charge in [0.1, 0.15) is 5.60 Å². The van der Waals surface area contributed by atoms with E-state index >= 15 is 0 Å². The molecule has 0 amide bonds. The molecular weight excluding hydrogens is 136 g/mol. The molecule has 1 aliphatic heterocycles. The van der Waals surface area contributed by atoms with Crippen LogP contribution in [0.1, 0.15) is 41.0 Å². The van der Waals surface area contributed by atoms with Crippen LogP contribution in [0.2, 0.25) is 0 Å². The van der Waals surface area contributed by atoms with E-state index in [1.165, 1.54) is 5.57 Å². The van der Waals surface area contributed by atoms with Gasteiger partial charge in [-0.25, -0.2) is 0 Å². The average Bonchev–Trinajstić information content (AvgIpc) is 2.05. The molecule has 0 aliphatic carbocycles. The summed E-state index contributed by atoms with van der Waals surface area (Å²) in [6.07, 6.45) is 1.09. The van der Waals surface area contributed by atoms with E-state index in [4.69, 9.17) is 4.74 Å². The molecule has 0 aromatic rings. The van der Waals surface area contributed by atoms with Crippen LogP contribution in [0.15, 0.2) is 11.3 Å². The first-order valence-electron chi connectivity index (χ1n) is 4.31. The Hall–Kier alpha value is -0.460. The molecule has 64 valence electrons. The summed E-state index contributed by atoms with van der Waals surface area (Å²) in [6.45, 7) is 10.8. The van der Waals surface area contributed by atoms with Gasteiger partial charge in [0.15, 0.2) is 0 Å². The Balaban J connectivity index is 2.75. The second-order valence-corrected chi connectivity index (χ2v) is 4.27. The zero-order valence-electron chi connectivity index (χ0n) is 8.19. The van der Waals surface area contributed by atoms with Crippen LogP contribution in [0.5, 0.6) is 0 Å². The highest BCUT2D eigenvalue weighted by molar-refractivity contribution is 5.17. The summed E-state index contributed by atoms with van der Waals surface area (Å²) >= 11 is 0. The van der Waals surface area contributed by atoms with E-state index in [9.17, 15) is 0 Å². The molecule has 1 rings (SSSR count). The number of hydrogen-bond acceptors (Lipinski definition) is 1. The first-order valence-corrected chi connectivity index (χ1v) is 4.31. The van der Waals surface area contributed by atoms with Crippen LogP contribution in [0.4, 0.5) is 0 Å². The van der Waals surface area contributed by atoms with Crippen LogP contribution in [0.25, 0.3) is 0 Å². The van der Waals surface area contributed by atoms with Crippen molar-refractivity contribution in [2.24, 2.45) is 5.92 Å². The minimum Gasteiger partial charge on any atom is -0.492 e. The Labute approximate surface area is 69.4 Å². The maximum absolute atomic E-state index is 5.70. The van der Waals surface area contributed by atoms with E-state index < -0.39 is 0 Å².